The van der Waals surface area contributed by atoms with Crippen LogP contribution in [0.15, 0.2) is 12.7 Å². The molecule has 1 rings (SSSR count). The molecular weight excluding hydrogens is 320 g/mol. The van der Waals surface area contributed by atoms with E-state index in [-0.39, 0.29) is 24.3 Å². The molecule has 144 valence electrons. The number of amides is 2. The lowest BCUT2D eigenvalue weighted by Crippen LogP contribution is -2.56. The number of likely N-dealkylation sites (tertiary alicyclic amines) is 1. The SMILES string of the molecule is C=CCCCC(=O)N1C[C@H](O)[C@H](O)[C@H]1C(=O)NC(C)(C)CC(C)(C)C. The minimum absolute atomic E-state index is 0.0186. The molecule has 6 nitrogen and oxygen atoms in total. The molecule has 1 aliphatic heterocycles. The highest BCUT2D eigenvalue weighted by atomic mass is 16.3. The molecule has 0 bridgehead atoms. The van der Waals surface area contributed by atoms with Crippen LogP contribution in [-0.2, 0) is 9.59 Å². The number of allylic oxidation sites excluding steroid dienone is 1. The van der Waals surface area contributed by atoms with Crippen molar-refractivity contribution >= 4 is 11.8 Å². The molecule has 1 fully saturated rings. The standard InChI is InChI=1S/C19H34N2O4/c1-7-8-9-10-14(23)21-11-13(22)16(24)15(21)17(25)20-19(5,6)12-18(2,3)4/h7,13,15-16,22,24H,1,8-12H2,2-6H3,(H,20,25)/t13-,15-,16-/m0/s1. The average Bonchev–Trinajstić information content (AvgIpc) is 2.72. The van der Waals surface area contributed by atoms with Gasteiger partial charge in [-0.1, -0.05) is 26.8 Å². The van der Waals surface area contributed by atoms with Gasteiger partial charge in [-0.15, -0.1) is 6.58 Å². The first kappa shape index (κ1) is 21.6. The summed E-state index contributed by atoms with van der Waals surface area (Å²) in [6.07, 6.45) is 1.71. The molecule has 0 aromatic rings. The number of β-amino-alcohol motifs (C(OH)–C–C–N with tert-alkyl or cyclic N) is 1. The Bertz CT molecular complexity index is 496. The fraction of sp³-hybridized carbons (Fsp3) is 0.789. The maximum absolute atomic E-state index is 12.8. The minimum Gasteiger partial charge on any atom is -0.388 e. The number of aliphatic hydroxyl groups is 2. The number of rotatable bonds is 7. The Morgan fingerprint density at radius 1 is 1.24 bits per heavy atom. The summed E-state index contributed by atoms with van der Waals surface area (Å²) >= 11 is 0. The first-order chi connectivity index (χ1) is 11.4. The summed E-state index contributed by atoms with van der Waals surface area (Å²) in [6, 6.07) is -1.05. The van der Waals surface area contributed by atoms with E-state index in [2.05, 4.69) is 32.7 Å². The van der Waals surface area contributed by atoms with E-state index in [9.17, 15) is 19.8 Å². The van der Waals surface area contributed by atoms with Gasteiger partial charge in [-0.25, -0.2) is 0 Å². The molecule has 1 saturated heterocycles. The van der Waals surface area contributed by atoms with Crippen molar-refractivity contribution in [2.75, 3.05) is 6.54 Å². The average molecular weight is 354 g/mol. The van der Waals surface area contributed by atoms with Crippen molar-refractivity contribution in [2.24, 2.45) is 5.41 Å². The van der Waals surface area contributed by atoms with Gasteiger partial charge < -0.3 is 20.4 Å². The molecule has 6 heteroatoms. The number of carbonyl (C=O) groups excluding carboxylic acids is 2. The Morgan fingerprint density at radius 3 is 2.36 bits per heavy atom. The first-order valence-corrected chi connectivity index (χ1v) is 8.96. The Kier molecular flexibility index (Phi) is 7.20. The van der Waals surface area contributed by atoms with E-state index in [1.54, 1.807) is 6.08 Å². The summed E-state index contributed by atoms with van der Waals surface area (Å²) in [4.78, 5) is 26.5. The fourth-order valence-electron chi connectivity index (χ4n) is 3.69. The van der Waals surface area contributed by atoms with E-state index in [4.69, 9.17) is 0 Å². The molecule has 25 heavy (non-hydrogen) atoms. The van der Waals surface area contributed by atoms with E-state index in [1.165, 1.54) is 4.90 Å². The van der Waals surface area contributed by atoms with Gasteiger partial charge in [0.2, 0.25) is 11.8 Å². The summed E-state index contributed by atoms with van der Waals surface area (Å²) in [5.41, 5.74) is -0.467. The van der Waals surface area contributed by atoms with Crippen LogP contribution >= 0.6 is 0 Å². The zero-order valence-electron chi connectivity index (χ0n) is 16.2. The first-order valence-electron chi connectivity index (χ1n) is 8.96. The third kappa shape index (κ3) is 6.44. The second-order valence-corrected chi connectivity index (χ2v) is 8.84. The van der Waals surface area contributed by atoms with Crippen molar-refractivity contribution in [2.45, 2.75) is 84.1 Å². The Hall–Kier alpha value is -1.40. The topological polar surface area (TPSA) is 89.9 Å². The smallest absolute Gasteiger partial charge is 0.246 e. The number of nitrogens with one attached hydrogen (secondary N) is 1. The van der Waals surface area contributed by atoms with Crippen LogP contribution in [0.5, 0.6) is 0 Å². The molecule has 1 aliphatic rings. The lowest BCUT2D eigenvalue weighted by molar-refractivity contribution is -0.141. The monoisotopic (exact) mass is 354 g/mol. The molecule has 0 aromatic heterocycles. The zero-order valence-corrected chi connectivity index (χ0v) is 16.2. The van der Waals surface area contributed by atoms with Crippen LogP contribution in [0.2, 0.25) is 0 Å². The highest BCUT2D eigenvalue weighted by Crippen LogP contribution is 2.28. The maximum atomic E-state index is 12.8. The van der Waals surface area contributed by atoms with E-state index in [1.807, 2.05) is 13.8 Å². The van der Waals surface area contributed by atoms with E-state index in [0.29, 0.717) is 12.8 Å². The van der Waals surface area contributed by atoms with E-state index >= 15 is 0 Å². The summed E-state index contributed by atoms with van der Waals surface area (Å²) in [7, 11) is 0. The van der Waals surface area contributed by atoms with Gasteiger partial charge in [0.25, 0.3) is 0 Å². The van der Waals surface area contributed by atoms with Gasteiger partial charge in [0, 0.05) is 12.0 Å². The maximum Gasteiger partial charge on any atom is 0.246 e. The van der Waals surface area contributed by atoms with Crippen LogP contribution in [0, 0.1) is 5.41 Å². The third-order valence-electron chi connectivity index (χ3n) is 4.26. The number of nitrogens with zero attached hydrogens (tertiary/aromatic N) is 1. The van der Waals surface area contributed by atoms with Gasteiger partial charge in [-0.3, -0.25) is 9.59 Å². The zero-order chi connectivity index (χ0) is 19.4. The Balaban J connectivity index is 2.84. The summed E-state index contributed by atoms with van der Waals surface area (Å²) in [5.74, 6) is -0.651. The van der Waals surface area contributed by atoms with Crippen molar-refractivity contribution in [1.82, 2.24) is 10.2 Å². The number of unbranched alkanes of at least 4 members (excludes halogenated alkanes) is 1. The van der Waals surface area contributed by atoms with Crippen LogP contribution in [0.1, 0.15) is 60.3 Å². The molecule has 0 aliphatic carbocycles. The number of hydrogen-bond donors (Lipinski definition) is 3. The van der Waals surface area contributed by atoms with Crippen LogP contribution in [0.25, 0.3) is 0 Å². The van der Waals surface area contributed by atoms with E-state index < -0.39 is 29.7 Å². The summed E-state index contributed by atoms with van der Waals surface area (Å²) < 4.78 is 0. The van der Waals surface area contributed by atoms with Crippen LogP contribution < -0.4 is 5.32 Å². The van der Waals surface area contributed by atoms with Gasteiger partial charge in [0.1, 0.15) is 12.1 Å². The predicted molar refractivity (Wildman–Crippen MR) is 97.9 cm³/mol. The quantitative estimate of drug-likeness (QED) is 0.478. The molecule has 0 radical (unpaired) electrons. The molecule has 0 aromatic carbocycles. The van der Waals surface area contributed by atoms with Crippen molar-refractivity contribution in [3.05, 3.63) is 12.7 Å². The van der Waals surface area contributed by atoms with Crippen molar-refractivity contribution in [3.8, 4) is 0 Å². The number of carbonyl (C=O) groups is 2. The number of hydrogen-bond acceptors (Lipinski definition) is 4. The lowest BCUT2D eigenvalue weighted by atomic mass is 9.81. The van der Waals surface area contributed by atoms with Crippen molar-refractivity contribution in [3.63, 3.8) is 0 Å². The largest absolute Gasteiger partial charge is 0.388 e. The molecule has 0 saturated carbocycles. The molecule has 3 atom stereocenters. The number of aliphatic hydroxyl groups excluding tert-OH is 2. The Morgan fingerprint density at radius 2 is 1.84 bits per heavy atom. The minimum atomic E-state index is -1.27. The van der Waals surface area contributed by atoms with Crippen LogP contribution in [0.3, 0.4) is 0 Å². The highest BCUT2D eigenvalue weighted by molar-refractivity contribution is 5.89. The fourth-order valence-corrected chi connectivity index (χ4v) is 3.69. The molecular formula is C19H34N2O4. The third-order valence-corrected chi connectivity index (χ3v) is 4.26. The van der Waals surface area contributed by atoms with Crippen molar-refractivity contribution in [1.29, 1.82) is 0 Å². The molecule has 0 spiro atoms. The van der Waals surface area contributed by atoms with Gasteiger partial charge in [0.05, 0.1) is 12.6 Å². The Labute approximate surface area is 151 Å². The summed E-state index contributed by atoms with van der Waals surface area (Å²) in [5, 5.41) is 23.1. The van der Waals surface area contributed by atoms with Gasteiger partial charge in [-0.2, -0.15) is 0 Å². The van der Waals surface area contributed by atoms with Crippen LogP contribution in [0.4, 0.5) is 0 Å². The van der Waals surface area contributed by atoms with Gasteiger partial charge in [0.15, 0.2) is 0 Å². The van der Waals surface area contributed by atoms with Crippen LogP contribution in [-0.4, -0.2) is 57.3 Å². The normalized spacial score (nSPS) is 24.3. The van der Waals surface area contributed by atoms with Crippen molar-refractivity contribution < 1.29 is 19.8 Å². The second kappa shape index (κ2) is 8.32. The molecule has 3 N–H and O–H groups in total. The van der Waals surface area contributed by atoms with Gasteiger partial charge >= 0.3 is 0 Å². The second-order valence-electron chi connectivity index (χ2n) is 8.84. The van der Waals surface area contributed by atoms with Gasteiger partial charge in [-0.05, 0) is 38.5 Å². The van der Waals surface area contributed by atoms with E-state index in [0.717, 1.165) is 6.42 Å². The predicted octanol–water partition coefficient (Wildman–Crippen LogP) is 1.61. The summed E-state index contributed by atoms with van der Waals surface area (Å²) in [6.45, 7) is 13.7. The highest BCUT2D eigenvalue weighted by Gasteiger charge is 2.47. The molecule has 0 unspecified atom stereocenters. The lowest BCUT2D eigenvalue weighted by Gasteiger charge is -2.35. The molecule has 1 heterocycles. The molecule has 2 amide bonds.